The minimum Gasteiger partial charge on any atom is -0.359 e. The summed E-state index contributed by atoms with van der Waals surface area (Å²) in [6, 6.07) is 22.0. The van der Waals surface area contributed by atoms with Crippen LogP contribution in [0.3, 0.4) is 0 Å². The topological polar surface area (TPSA) is 44.7 Å². The summed E-state index contributed by atoms with van der Waals surface area (Å²) in [6.45, 7) is 0. The number of anilines is 1. The summed E-state index contributed by atoms with van der Waals surface area (Å²) < 4.78 is 0. The molecule has 0 saturated heterocycles. The van der Waals surface area contributed by atoms with Crippen molar-refractivity contribution in [2.45, 2.75) is 6.17 Å². The zero-order valence-electron chi connectivity index (χ0n) is 14.1. The lowest BCUT2D eigenvalue weighted by molar-refractivity contribution is 0.0691. The Balaban J connectivity index is 1.76. The fourth-order valence-electron chi connectivity index (χ4n) is 2.98. The number of hydrazone groups is 1. The zero-order valence-corrected chi connectivity index (χ0v) is 15.7. The van der Waals surface area contributed by atoms with E-state index in [0.717, 1.165) is 16.8 Å². The van der Waals surface area contributed by atoms with Crippen molar-refractivity contribution in [3.05, 3.63) is 99.5 Å². The van der Waals surface area contributed by atoms with Crippen molar-refractivity contribution in [1.82, 2.24) is 5.01 Å². The van der Waals surface area contributed by atoms with Crippen LogP contribution in [0.2, 0.25) is 10.0 Å². The number of halogens is 2. The van der Waals surface area contributed by atoms with E-state index in [0.29, 0.717) is 15.6 Å². The number of hydrogen-bond donors (Lipinski definition) is 1. The molecule has 1 N–H and O–H groups in total. The van der Waals surface area contributed by atoms with E-state index in [4.69, 9.17) is 23.2 Å². The smallest absolute Gasteiger partial charge is 0.278 e. The van der Waals surface area contributed by atoms with E-state index in [1.165, 1.54) is 5.01 Å². The quantitative estimate of drug-likeness (QED) is 0.587. The van der Waals surface area contributed by atoms with Crippen molar-refractivity contribution in [1.29, 1.82) is 0 Å². The van der Waals surface area contributed by atoms with Gasteiger partial charge in [0.25, 0.3) is 5.91 Å². The van der Waals surface area contributed by atoms with E-state index in [2.05, 4.69) is 10.4 Å². The van der Waals surface area contributed by atoms with E-state index >= 15 is 0 Å². The van der Waals surface area contributed by atoms with Gasteiger partial charge in [-0.25, -0.2) is 5.01 Å². The number of nitrogens with zero attached hydrogens (tertiary/aromatic N) is 2. The molecule has 1 heterocycles. The number of fused-ring (bicyclic) bond motifs is 1. The molecule has 0 aliphatic carbocycles. The number of carbonyl (C=O) groups is 1. The second kappa shape index (κ2) is 7.43. The summed E-state index contributed by atoms with van der Waals surface area (Å²) in [5.41, 5.74) is 2.98. The highest BCUT2D eigenvalue weighted by molar-refractivity contribution is 6.31. The van der Waals surface area contributed by atoms with E-state index < -0.39 is 6.17 Å². The van der Waals surface area contributed by atoms with Crippen molar-refractivity contribution < 1.29 is 4.79 Å². The Morgan fingerprint density at radius 3 is 2.44 bits per heavy atom. The molecule has 0 radical (unpaired) electrons. The Morgan fingerprint density at radius 1 is 0.926 bits per heavy atom. The largest absolute Gasteiger partial charge is 0.359 e. The van der Waals surface area contributed by atoms with Crippen LogP contribution in [0, 0.1) is 0 Å². The normalized spacial score (nSPS) is 16.3. The number of para-hydroxylation sites is 1. The van der Waals surface area contributed by atoms with Crippen LogP contribution < -0.4 is 5.32 Å². The number of nitrogens with one attached hydrogen (secondary N) is 1. The summed E-state index contributed by atoms with van der Waals surface area (Å²) in [4.78, 5) is 13.1. The second-order valence-corrected chi connectivity index (χ2v) is 6.97. The van der Waals surface area contributed by atoms with Gasteiger partial charge < -0.3 is 5.32 Å². The lowest BCUT2D eigenvalue weighted by Crippen LogP contribution is -2.39. The third-order valence-electron chi connectivity index (χ3n) is 4.25. The summed E-state index contributed by atoms with van der Waals surface area (Å²) in [5.74, 6) is -0.187. The maximum absolute atomic E-state index is 13.1. The SMILES string of the molecule is O=C1c2ccccc2N[C@@H](c2cccc(Cl)c2)N1N=Cc1cccc(Cl)c1. The van der Waals surface area contributed by atoms with Gasteiger partial charge in [0.05, 0.1) is 11.8 Å². The van der Waals surface area contributed by atoms with Crippen LogP contribution in [0.1, 0.15) is 27.7 Å². The molecule has 1 atom stereocenters. The Labute approximate surface area is 167 Å². The van der Waals surface area contributed by atoms with Gasteiger partial charge in [-0.1, -0.05) is 59.6 Å². The number of benzene rings is 3. The Hall–Kier alpha value is -2.82. The molecule has 1 aliphatic rings. The highest BCUT2D eigenvalue weighted by atomic mass is 35.5. The first-order valence-corrected chi connectivity index (χ1v) is 9.11. The molecule has 134 valence electrons. The molecular formula is C21H15Cl2N3O. The maximum Gasteiger partial charge on any atom is 0.278 e. The third-order valence-corrected chi connectivity index (χ3v) is 4.72. The van der Waals surface area contributed by atoms with Crippen LogP contribution in [-0.2, 0) is 0 Å². The van der Waals surface area contributed by atoms with Crippen molar-refractivity contribution in [3.8, 4) is 0 Å². The number of amides is 1. The van der Waals surface area contributed by atoms with Crippen LogP contribution in [-0.4, -0.2) is 17.1 Å². The Bertz CT molecular complexity index is 1040. The van der Waals surface area contributed by atoms with Gasteiger partial charge >= 0.3 is 0 Å². The molecule has 0 aromatic heterocycles. The molecule has 1 amide bonds. The van der Waals surface area contributed by atoms with Crippen LogP contribution in [0.5, 0.6) is 0 Å². The monoisotopic (exact) mass is 395 g/mol. The first-order chi connectivity index (χ1) is 13.1. The van der Waals surface area contributed by atoms with Gasteiger partial charge in [0.2, 0.25) is 0 Å². The summed E-state index contributed by atoms with van der Waals surface area (Å²) in [7, 11) is 0. The van der Waals surface area contributed by atoms with E-state index in [9.17, 15) is 4.79 Å². The maximum atomic E-state index is 13.1. The first kappa shape index (κ1) is 17.6. The van der Waals surface area contributed by atoms with Gasteiger partial charge in [0.15, 0.2) is 6.17 Å². The van der Waals surface area contributed by atoms with Gasteiger partial charge in [-0.15, -0.1) is 0 Å². The van der Waals surface area contributed by atoms with Crippen molar-refractivity contribution in [3.63, 3.8) is 0 Å². The first-order valence-electron chi connectivity index (χ1n) is 8.36. The molecule has 4 rings (SSSR count). The standard InChI is InChI=1S/C21H15Cl2N3O/c22-16-7-3-5-14(11-16)13-24-26-20(15-6-4-8-17(23)12-15)25-19-10-2-1-9-18(19)21(26)27/h1-13,20,25H/t20-/m1/s1. The van der Waals surface area contributed by atoms with Crippen molar-refractivity contribution in [2.75, 3.05) is 5.32 Å². The Morgan fingerprint density at radius 2 is 1.67 bits per heavy atom. The molecule has 0 saturated carbocycles. The lowest BCUT2D eigenvalue weighted by atomic mass is 10.1. The van der Waals surface area contributed by atoms with Gasteiger partial charge in [0.1, 0.15) is 0 Å². The predicted octanol–water partition coefficient (Wildman–Crippen LogP) is 5.59. The van der Waals surface area contributed by atoms with E-state index in [1.54, 1.807) is 30.5 Å². The summed E-state index contributed by atoms with van der Waals surface area (Å²) in [5, 5.41) is 10.5. The fraction of sp³-hybridized carbons (Fsp3) is 0.0476. The molecule has 27 heavy (non-hydrogen) atoms. The molecular weight excluding hydrogens is 381 g/mol. The summed E-state index contributed by atoms with van der Waals surface area (Å²) in [6.07, 6.45) is 1.15. The van der Waals surface area contributed by atoms with E-state index in [-0.39, 0.29) is 5.91 Å². The van der Waals surface area contributed by atoms with Gasteiger partial charge in [-0.05, 0) is 47.5 Å². The van der Waals surface area contributed by atoms with Crippen molar-refractivity contribution in [2.24, 2.45) is 5.10 Å². The molecule has 6 heteroatoms. The third kappa shape index (κ3) is 3.68. The van der Waals surface area contributed by atoms with Gasteiger partial charge in [-0.2, -0.15) is 5.10 Å². The van der Waals surface area contributed by atoms with E-state index in [1.807, 2.05) is 48.5 Å². The molecule has 3 aromatic carbocycles. The van der Waals surface area contributed by atoms with Crippen LogP contribution in [0.25, 0.3) is 0 Å². The minimum absolute atomic E-state index is 0.187. The molecule has 0 spiro atoms. The average Bonchev–Trinajstić information content (AvgIpc) is 2.67. The Kier molecular flexibility index (Phi) is 4.84. The van der Waals surface area contributed by atoms with Crippen LogP contribution in [0.15, 0.2) is 77.9 Å². The summed E-state index contributed by atoms with van der Waals surface area (Å²) >= 11 is 12.2. The minimum atomic E-state index is -0.471. The molecule has 1 aliphatic heterocycles. The van der Waals surface area contributed by atoms with Crippen molar-refractivity contribution >= 4 is 41.0 Å². The number of hydrogen-bond acceptors (Lipinski definition) is 3. The molecule has 0 unspecified atom stereocenters. The molecule has 4 nitrogen and oxygen atoms in total. The second-order valence-electron chi connectivity index (χ2n) is 6.10. The van der Waals surface area contributed by atoms with Gasteiger partial charge in [-0.3, -0.25) is 4.79 Å². The predicted molar refractivity (Wildman–Crippen MR) is 109 cm³/mol. The number of carbonyl (C=O) groups excluding carboxylic acids is 1. The van der Waals surface area contributed by atoms with Crippen LogP contribution >= 0.6 is 23.2 Å². The average molecular weight is 396 g/mol. The lowest BCUT2D eigenvalue weighted by Gasteiger charge is -2.34. The highest BCUT2D eigenvalue weighted by Crippen LogP contribution is 2.34. The molecule has 0 fully saturated rings. The van der Waals surface area contributed by atoms with Gasteiger partial charge in [0, 0.05) is 15.7 Å². The van der Waals surface area contributed by atoms with Crippen LogP contribution in [0.4, 0.5) is 5.69 Å². The molecule has 0 bridgehead atoms. The number of rotatable bonds is 3. The molecule has 3 aromatic rings. The highest BCUT2D eigenvalue weighted by Gasteiger charge is 2.32. The zero-order chi connectivity index (χ0) is 18.8. The fourth-order valence-corrected chi connectivity index (χ4v) is 3.38.